The largest absolute Gasteiger partial charge is 0.376 e. The van der Waals surface area contributed by atoms with Crippen LogP contribution in [0.2, 0.25) is 0 Å². The molecule has 5 heteroatoms. The summed E-state index contributed by atoms with van der Waals surface area (Å²) in [5.41, 5.74) is 0. The highest BCUT2D eigenvalue weighted by molar-refractivity contribution is 6.35. The van der Waals surface area contributed by atoms with E-state index >= 15 is 0 Å². The molecule has 0 aromatic carbocycles. The van der Waals surface area contributed by atoms with Crippen molar-refractivity contribution in [1.29, 1.82) is 0 Å². The molecule has 0 aromatic heterocycles. The van der Waals surface area contributed by atoms with Gasteiger partial charge in [-0.15, -0.1) is 0 Å². The average Bonchev–Trinajstić information content (AvgIpc) is 2.75. The zero-order valence-electron chi connectivity index (χ0n) is 9.04. The number of hydrogen-bond donors (Lipinski definition) is 2. The Kier molecular flexibility index (Phi) is 5.10. The number of rotatable bonds is 4. The van der Waals surface area contributed by atoms with Crippen molar-refractivity contribution in [2.45, 2.75) is 32.3 Å². The summed E-state index contributed by atoms with van der Waals surface area (Å²) in [7, 11) is 0. The van der Waals surface area contributed by atoms with E-state index in [-0.39, 0.29) is 6.10 Å². The molecule has 0 aromatic rings. The first-order valence-corrected chi connectivity index (χ1v) is 5.41. The van der Waals surface area contributed by atoms with Crippen LogP contribution in [0.4, 0.5) is 0 Å². The second-order valence-electron chi connectivity index (χ2n) is 3.60. The summed E-state index contributed by atoms with van der Waals surface area (Å²) in [6.07, 6.45) is 2.89. The third-order valence-electron chi connectivity index (χ3n) is 2.26. The molecule has 1 aliphatic rings. The lowest BCUT2D eigenvalue weighted by Crippen LogP contribution is -2.42. The highest BCUT2D eigenvalue weighted by atomic mass is 16.5. The lowest BCUT2D eigenvalue weighted by atomic mass is 10.2. The van der Waals surface area contributed by atoms with Gasteiger partial charge >= 0.3 is 11.8 Å². The van der Waals surface area contributed by atoms with Gasteiger partial charge in [0.1, 0.15) is 0 Å². The van der Waals surface area contributed by atoms with Crippen molar-refractivity contribution in [2.75, 3.05) is 19.7 Å². The first kappa shape index (κ1) is 12.0. The molecule has 1 saturated heterocycles. The molecule has 0 radical (unpaired) electrons. The van der Waals surface area contributed by atoms with Crippen molar-refractivity contribution in [3.05, 3.63) is 0 Å². The fraction of sp³-hybridized carbons (Fsp3) is 0.800. The maximum atomic E-state index is 11.2. The van der Waals surface area contributed by atoms with Gasteiger partial charge in [0.2, 0.25) is 0 Å². The van der Waals surface area contributed by atoms with Crippen LogP contribution in [0.25, 0.3) is 0 Å². The molecule has 1 rings (SSSR count). The minimum atomic E-state index is -0.570. The number of ether oxygens (including phenoxy) is 1. The summed E-state index contributed by atoms with van der Waals surface area (Å²) in [5, 5.41) is 5.07. The molecule has 1 atom stereocenters. The first-order valence-electron chi connectivity index (χ1n) is 5.41. The van der Waals surface area contributed by atoms with Gasteiger partial charge in [-0.25, -0.2) is 0 Å². The molecule has 0 bridgehead atoms. The number of carbonyl (C=O) groups excluding carboxylic acids is 2. The van der Waals surface area contributed by atoms with Crippen LogP contribution in [0, 0.1) is 0 Å². The Balaban J connectivity index is 2.14. The fourth-order valence-corrected chi connectivity index (χ4v) is 1.41. The van der Waals surface area contributed by atoms with Crippen LogP contribution < -0.4 is 10.6 Å². The molecule has 1 aliphatic heterocycles. The lowest BCUT2D eigenvalue weighted by molar-refractivity contribution is -0.139. The van der Waals surface area contributed by atoms with Crippen molar-refractivity contribution in [2.24, 2.45) is 0 Å². The molecule has 2 N–H and O–H groups in total. The molecular formula is C10H18N2O3. The third-order valence-corrected chi connectivity index (χ3v) is 2.26. The molecule has 0 aliphatic carbocycles. The predicted molar refractivity (Wildman–Crippen MR) is 55.3 cm³/mol. The van der Waals surface area contributed by atoms with Crippen LogP contribution in [-0.2, 0) is 14.3 Å². The van der Waals surface area contributed by atoms with Crippen molar-refractivity contribution in [3.63, 3.8) is 0 Å². The van der Waals surface area contributed by atoms with E-state index < -0.39 is 11.8 Å². The van der Waals surface area contributed by atoms with Crippen LogP contribution in [0.15, 0.2) is 0 Å². The van der Waals surface area contributed by atoms with Crippen LogP contribution >= 0.6 is 0 Å². The van der Waals surface area contributed by atoms with Crippen molar-refractivity contribution in [3.8, 4) is 0 Å². The van der Waals surface area contributed by atoms with Crippen LogP contribution in [0.3, 0.4) is 0 Å². The molecule has 0 spiro atoms. The van der Waals surface area contributed by atoms with E-state index in [2.05, 4.69) is 10.6 Å². The van der Waals surface area contributed by atoms with E-state index in [1.54, 1.807) is 0 Å². The number of nitrogens with one attached hydrogen (secondary N) is 2. The number of carbonyl (C=O) groups is 2. The molecule has 86 valence electrons. The minimum absolute atomic E-state index is 0.0768. The Labute approximate surface area is 89.6 Å². The van der Waals surface area contributed by atoms with Crippen molar-refractivity contribution in [1.82, 2.24) is 10.6 Å². The van der Waals surface area contributed by atoms with Gasteiger partial charge in [-0.1, -0.05) is 6.92 Å². The normalized spacial score (nSPS) is 19.9. The van der Waals surface area contributed by atoms with Gasteiger partial charge in [0.15, 0.2) is 0 Å². The second kappa shape index (κ2) is 6.40. The van der Waals surface area contributed by atoms with Gasteiger partial charge in [-0.05, 0) is 19.3 Å². The zero-order valence-corrected chi connectivity index (χ0v) is 9.04. The van der Waals surface area contributed by atoms with Crippen molar-refractivity contribution < 1.29 is 14.3 Å². The van der Waals surface area contributed by atoms with Gasteiger partial charge in [0.25, 0.3) is 0 Å². The van der Waals surface area contributed by atoms with E-state index in [4.69, 9.17) is 4.74 Å². The number of hydrogen-bond acceptors (Lipinski definition) is 3. The molecule has 2 amide bonds. The van der Waals surface area contributed by atoms with Gasteiger partial charge < -0.3 is 15.4 Å². The standard InChI is InChI=1S/C10H18N2O3/c1-2-5-11-9(13)10(14)12-7-8-4-3-6-15-8/h8H,2-7H2,1H3,(H,11,13)(H,12,14)/t8-/m0/s1. The average molecular weight is 214 g/mol. The maximum Gasteiger partial charge on any atom is 0.309 e. The van der Waals surface area contributed by atoms with E-state index in [0.29, 0.717) is 13.1 Å². The summed E-state index contributed by atoms with van der Waals surface area (Å²) >= 11 is 0. The second-order valence-corrected chi connectivity index (χ2v) is 3.60. The SMILES string of the molecule is CCCNC(=O)C(=O)NC[C@@H]1CCCO1. The van der Waals surface area contributed by atoms with Crippen LogP contribution in [-0.4, -0.2) is 37.6 Å². The summed E-state index contributed by atoms with van der Waals surface area (Å²) in [6, 6.07) is 0. The maximum absolute atomic E-state index is 11.2. The summed E-state index contributed by atoms with van der Waals surface area (Å²) < 4.78 is 5.32. The highest BCUT2D eigenvalue weighted by Crippen LogP contribution is 2.10. The van der Waals surface area contributed by atoms with Gasteiger partial charge in [0.05, 0.1) is 6.10 Å². The molecular weight excluding hydrogens is 196 g/mol. The van der Waals surface area contributed by atoms with E-state index in [9.17, 15) is 9.59 Å². The monoisotopic (exact) mass is 214 g/mol. The van der Waals surface area contributed by atoms with Gasteiger partial charge in [0, 0.05) is 19.7 Å². The Hall–Kier alpha value is -1.10. The van der Waals surface area contributed by atoms with Crippen LogP contribution in [0.1, 0.15) is 26.2 Å². The molecule has 5 nitrogen and oxygen atoms in total. The van der Waals surface area contributed by atoms with Crippen molar-refractivity contribution >= 4 is 11.8 Å². The van der Waals surface area contributed by atoms with Crippen LogP contribution in [0.5, 0.6) is 0 Å². The Morgan fingerprint density at radius 1 is 1.33 bits per heavy atom. The molecule has 1 fully saturated rings. The topological polar surface area (TPSA) is 67.4 Å². The molecule has 0 saturated carbocycles. The molecule has 0 unspecified atom stereocenters. The molecule has 1 heterocycles. The zero-order chi connectivity index (χ0) is 11.1. The smallest absolute Gasteiger partial charge is 0.309 e. The summed E-state index contributed by atoms with van der Waals surface area (Å²) in [6.45, 7) is 3.65. The first-order chi connectivity index (χ1) is 7.24. The predicted octanol–water partition coefficient (Wildman–Crippen LogP) is -0.192. The van der Waals surface area contributed by atoms with E-state index in [1.165, 1.54) is 0 Å². The number of amides is 2. The Morgan fingerprint density at radius 3 is 2.67 bits per heavy atom. The van der Waals surface area contributed by atoms with E-state index in [0.717, 1.165) is 25.9 Å². The minimum Gasteiger partial charge on any atom is -0.376 e. The summed E-state index contributed by atoms with van der Waals surface area (Å²) in [4.78, 5) is 22.4. The van der Waals surface area contributed by atoms with Gasteiger partial charge in [-0.2, -0.15) is 0 Å². The highest BCUT2D eigenvalue weighted by Gasteiger charge is 2.18. The fourth-order valence-electron chi connectivity index (χ4n) is 1.41. The quantitative estimate of drug-likeness (QED) is 0.637. The van der Waals surface area contributed by atoms with Gasteiger partial charge in [-0.3, -0.25) is 9.59 Å². The van der Waals surface area contributed by atoms with E-state index in [1.807, 2.05) is 6.92 Å². The Bertz CT molecular complexity index is 225. The molecule has 15 heavy (non-hydrogen) atoms. The Morgan fingerprint density at radius 2 is 2.07 bits per heavy atom. The third kappa shape index (κ3) is 4.29. The summed E-state index contributed by atoms with van der Waals surface area (Å²) in [5.74, 6) is -1.13. The lowest BCUT2D eigenvalue weighted by Gasteiger charge is -2.10.